The summed E-state index contributed by atoms with van der Waals surface area (Å²) in [6.07, 6.45) is 5.46. The number of guanidine groups is 1. The van der Waals surface area contributed by atoms with Crippen LogP contribution >= 0.6 is 11.3 Å². The molecule has 3 aromatic heterocycles. The fourth-order valence-electron chi connectivity index (χ4n) is 3.20. The fourth-order valence-corrected chi connectivity index (χ4v) is 3.99. The van der Waals surface area contributed by atoms with Gasteiger partial charge in [0.1, 0.15) is 0 Å². The average Bonchev–Trinajstić information content (AvgIpc) is 3.43. The summed E-state index contributed by atoms with van der Waals surface area (Å²) in [6, 6.07) is 10.3. The Hall–Kier alpha value is -2.87. The van der Waals surface area contributed by atoms with Crippen molar-refractivity contribution in [2.24, 2.45) is 4.99 Å². The molecular weight excluding hydrogens is 358 g/mol. The zero-order valence-corrected chi connectivity index (χ0v) is 16.1. The van der Waals surface area contributed by atoms with Gasteiger partial charge in [-0.2, -0.15) is 5.10 Å². The molecule has 1 N–H and O–H groups in total. The lowest BCUT2D eigenvalue weighted by Crippen LogP contribution is -2.52. The summed E-state index contributed by atoms with van der Waals surface area (Å²) in [7, 11) is 1.84. The van der Waals surface area contributed by atoms with Gasteiger partial charge in [0.05, 0.1) is 5.00 Å². The molecule has 0 saturated carbocycles. The molecule has 0 spiro atoms. The lowest BCUT2D eigenvalue weighted by molar-refractivity contribution is 0.373. The highest BCUT2D eigenvalue weighted by Crippen LogP contribution is 2.22. The van der Waals surface area contributed by atoms with Crippen molar-refractivity contribution in [1.82, 2.24) is 25.0 Å². The van der Waals surface area contributed by atoms with Gasteiger partial charge in [-0.25, -0.2) is 9.67 Å². The van der Waals surface area contributed by atoms with E-state index < -0.39 is 0 Å². The van der Waals surface area contributed by atoms with Crippen LogP contribution in [0.25, 0.3) is 5.82 Å². The predicted octanol–water partition coefficient (Wildman–Crippen LogP) is 2.23. The first-order valence-electron chi connectivity index (χ1n) is 9.02. The number of hydrogen-bond acceptors (Lipinski definition) is 5. The van der Waals surface area contributed by atoms with Gasteiger partial charge in [0.25, 0.3) is 0 Å². The molecular formula is C19H23N7S. The molecule has 0 amide bonds. The Morgan fingerprint density at radius 1 is 1.19 bits per heavy atom. The Labute approximate surface area is 163 Å². The van der Waals surface area contributed by atoms with Crippen molar-refractivity contribution in [3.05, 3.63) is 59.9 Å². The number of aliphatic imine (C=N–C) groups is 1. The number of pyridine rings is 1. The first-order valence-corrected chi connectivity index (χ1v) is 9.90. The van der Waals surface area contributed by atoms with E-state index >= 15 is 0 Å². The Kier molecular flexibility index (Phi) is 5.34. The van der Waals surface area contributed by atoms with Gasteiger partial charge in [-0.15, -0.1) is 11.3 Å². The molecule has 1 aliphatic heterocycles. The second kappa shape index (κ2) is 8.22. The van der Waals surface area contributed by atoms with Crippen LogP contribution in [0.2, 0.25) is 0 Å². The lowest BCUT2D eigenvalue weighted by atomic mass is 10.2. The molecule has 4 heterocycles. The SMILES string of the molecule is CN=C(NCc1ccnc(-n2cccn2)c1)N1CCN(c2cccs2)CC1. The number of aromatic nitrogens is 3. The first kappa shape index (κ1) is 17.5. The molecule has 0 unspecified atom stereocenters. The Balaban J connectivity index is 1.34. The van der Waals surface area contributed by atoms with Crippen molar-refractivity contribution in [3.63, 3.8) is 0 Å². The van der Waals surface area contributed by atoms with Crippen LogP contribution in [0.15, 0.2) is 59.3 Å². The van der Waals surface area contributed by atoms with Crippen molar-refractivity contribution in [3.8, 4) is 5.82 Å². The van der Waals surface area contributed by atoms with Crippen molar-refractivity contribution in [2.75, 3.05) is 38.1 Å². The molecule has 0 radical (unpaired) electrons. The summed E-state index contributed by atoms with van der Waals surface area (Å²) in [5.41, 5.74) is 1.15. The standard InChI is InChI=1S/C19H23N7S/c1-20-19(25-11-9-24(10-12-25)18-4-2-13-27-18)22-15-16-5-7-21-17(14-16)26-8-3-6-23-26/h2-8,13-14H,9-12,15H2,1H3,(H,20,22). The number of hydrogen-bond donors (Lipinski definition) is 1. The number of nitrogens with zero attached hydrogens (tertiary/aromatic N) is 6. The number of thiophene rings is 1. The topological polar surface area (TPSA) is 61.6 Å². The van der Waals surface area contributed by atoms with Gasteiger partial charge in [0.2, 0.25) is 0 Å². The van der Waals surface area contributed by atoms with Gasteiger partial charge in [0.15, 0.2) is 11.8 Å². The largest absolute Gasteiger partial charge is 0.360 e. The summed E-state index contributed by atoms with van der Waals surface area (Å²) in [5, 5.41) is 11.2. The zero-order valence-electron chi connectivity index (χ0n) is 15.3. The van der Waals surface area contributed by atoms with Gasteiger partial charge in [-0.1, -0.05) is 0 Å². The van der Waals surface area contributed by atoms with Gasteiger partial charge >= 0.3 is 0 Å². The van der Waals surface area contributed by atoms with E-state index in [-0.39, 0.29) is 0 Å². The number of nitrogens with one attached hydrogen (secondary N) is 1. The molecule has 8 heteroatoms. The Morgan fingerprint density at radius 2 is 2.07 bits per heavy atom. The maximum Gasteiger partial charge on any atom is 0.194 e. The monoisotopic (exact) mass is 381 g/mol. The van der Waals surface area contributed by atoms with Crippen LogP contribution in [-0.2, 0) is 6.54 Å². The molecule has 1 fully saturated rings. The minimum absolute atomic E-state index is 0.703. The highest BCUT2D eigenvalue weighted by atomic mass is 32.1. The van der Waals surface area contributed by atoms with E-state index in [0.29, 0.717) is 6.54 Å². The van der Waals surface area contributed by atoms with E-state index in [9.17, 15) is 0 Å². The first-order chi connectivity index (χ1) is 13.3. The van der Waals surface area contributed by atoms with Crippen molar-refractivity contribution in [1.29, 1.82) is 0 Å². The van der Waals surface area contributed by atoms with Gasteiger partial charge in [0, 0.05) is 58.4 Å². The molecule has 140 valence electrons. The van der Waals surface area contributed by atoms with Crippen LogP contribution in [-0.4, -0.2) is 58.9 Å². The average molecular weight is 382 g/mol. The molecule has 0 bridgehead atoms. The third kappa shape index (κ3) is 4.11. The van der Waals surface area contributed by atoms with Crippen LogP contribution in [0.5, 0.6) is 0 Å². The van der Waals surface area contributed by atoms with Crippen LogP contribution in [0.4, 0.5) is 5.00 Å². The van der Waals surface area contributed by atoms with Crippen LogP contribution in [0, 0.1) is 0 Å². The molecule has 0 aromatic carbocycles. The second-order valence-corrected chi connectivity index (χ2v) is 7.23. The third-order valence-electron chi connectivity index (χ3n) is 4.61. The molecule has 4 rings (SSSR count). The van der Waals surface area contributed by atoms with E-state index in [1.807, 2.05) is 37.6 Å². The van der Waals surface area contributed by atoms with Crippen molar-refractivity contribution >= 4 is 22.3 Å². The second-order valence-electron chi connectivity index (χ2n) is 6.30. The molecule has 7 nitrogen and oxygen atoms in total. The lowest BCUT2D eigenvalue weighted by Gasteiger charge is -2.37. The van der Waals surface area contributed by atoms with E-state index in [1.54, 1.807) is 22.2 Å². The predicted molar refractivity (Wildman–Crippen MR) is 110 cm³/mol. The van der Waals surface area contributed by atoms with E-state index in [2.05, 4.69) is 47.7 Å². The quantitative estimate of drug-likeness (QED) is 0.555. The Morgan fingerprint density at radius 3 is 2.78 bits per heavy atom. The van der Waals surface area contributed by atoms with Crippen LogP contribution in [0.1, 0.15) is 5.56 Å². The smallest absolute Gasteiger partial charge is 0.194 e. The normalized spacial score (nSPS) is 15.2. The van der Waals surface area contributed by atoms with Crippen LogP contribution < -0.4 is 10.2 Å². The molecule has 27 heavy (non-hydrogen) atoms. The molecule has 0 aliphatic carbocycles. The fraction of sp³-hybridized carbons (Fsp3) is 0.316. The van der Waals surface area contributed by atoms with Crippen molar-refractivity contribution in [2.45, 2.75) is 6.54 Å². The van der Waals surface area contributed by atoms with Crippen molar-refractivity contribution < 1.29 is 0 Å². The molecule has 1 saturated heterocycles. The minimum Gasteiger partial charge on any atom is -0.360 e. The maximum absolute atomic E-state index is 4.47. The summed E-state index contributed by atoms with van der Waals surface area (Å²) in [4.78, 5) is 13.6. The van der Waals surface area contributed by atoms with Gasteiger partial charge in [-0.05, 0) is 41.3 Å². The number of anilines is 1. The van der Waals surface area contributed by atoms with E-state index in [1.165, 1.54) is 5.00 Å². The maximum atomic E-state index is 4.47. The number of rotatable bonds is 4. The summed E-state index contributed by atoms with van der Waals surface area (Å²) in [6.45, 7) is 4.66. The molecule has 1 aliphatic rings. The van der Waals surface area contributed by atoms with E-state index in [0.717, 1.165) is 43.5 Å². The van der Waals surface area contributed by atoms with Gasteiger partial charge < -0.3 is 15.1 Å². The van der Waals surface area contributed by atoms with Gasteiger partial charge in [-0.3, -0.25) is 4.99 Å². The van der Waals surface area contributed by atoms with E-state index in [4.69, 9.17) is 0 Å². The molecule has 3 aromatic rings. The highest BCUT2D eigenvalue weighted by molar-refractivity contribution is 7.14. The summed E-state index contributed by atoms with van der Waals surface area (Å²) in [5.74, 6) is 1.76. The minimum atomic E-state index is 0.703. The van der Waals surface area contributed by atoms with Crippen LogP contribution in [0.3, 0.4) is 0 Å². The summed E-state index contributed by atoms with van der Waals surface area (Å²) >= 11 is 1.80. The Bertz CT molecular complexity index is 865. The highest BCUT2D eigenvalue weighted by Gasteiger charge is 2.20. The summed E-state index contributed by atoms with van der Waals surface area (Å²) < 4.78 is 1.77. The molecule has 0 atom stereocenters. The zero-order chi connectivity index (χ0) is 18.5. The third-order valence-corrected chi connectivity index (χ3v) is 5.54. The number of piperazine rings is 1.